The standard InChI is InChI=1S/C42H43ClO5/c1-2-30-18-20-31(21-19-30)24-36-25-35(22-23-37(36)43)40-42(47-28-34-16-10-5-11-17-34)41(46-27-33-14-8-4-9-15-33)39(44)38(48-40)29-45-26-32-12-6-3-7-13-32/h3-23,25,38-42,44H,2,24,26-29H2,1H3. The van der Waals surface area contributed by atoms with Gasteiger partial charge in [0.15, 0.2) is 0 Å². The highest BCUT2D eigenvalue weighted by molar-refractivity contribution is 6.31. The molecule has 5 atom stereocenters. The lowest BCUT2D eigenvalue weighted by Gasteiger charge is -2.45. The van der Waals surface area contributed by atoms with Gasteiger partial charge in [0, 0.05) is 5.02 Å². The molecule has 5 aromatic carbocycles. The highest BCUT2D eigenvalue weighted by Gasteiger charge is 2.47. The SMILES string of the molecule is CCc1ccc(Cc2cc(C3OC(COCc4ccccc4)C(O)C(OCc4ccccc4)C3OCc3ccccc3)ccc2Cl)cc1. The van der Waals surface area contributed by atoms with Crippen molar-refractivity contribution in [2.75, 3.05) is 6.61 Å². The molecule has 0 saturated carbocycles. The maximum atomic E-state index is 11.8. The van der Waals surface area contributed by atoms with Gasteiger partial charge in [0.05, 0.1) is 26.4 Å². The number of aryl methyl sites for hydroxylation is 1. The molecule has 1 N–H and O–H groups in total. The van der Waals surface area contributed by atoms with E-state index in [0.29, 0.717) is 31.3 Å². The first-order valence-electron chi connectivity index (χ1n) is 16.7. The Kier molecular flexibility index (Phi) is 12.1. The van der Waals surface area contributed by atoms with Gasteiger partial charge in [-0.05, 0) is 57.9 Å². The second-order valence-corrected chi connectivity index (χ2v) is 12.7. The van der Waals surface area contributed by atoms with Crippen LogP contribution in [-0.2, 0) is 51.6 Å². The number of hydrogen-bond acceptors (Lipinski definition) is 5. The Hall–Kier alpha value is -3.81. The van der Waals surface area contributed by atoms with Crippen molar-refractivity contribution in [3.63, 3.8) is 0 Å². The average Bonchev–Trinajstić information content (AvgIpc) is 3.13. The van der Waals surface area contributed by atoms with Crippen LogP contribution in [-0.4, -0.2) is 36.1 Å². The van der Waals surface area contributed by atoms with E-state index >= 15 is 0 Å². The maximum absolute atomic E-state index is 11.8. The smallest absolute Gasteiger partial charge is 0.117 e. The molecule has 5 aromatic rings. The quantitative estimate of drug-likeness (QED) is 0.129. The number of benzene rings is 5. The van der Waals surface area contributed by atoms with Gasteiger partial charge in [-0.3, -0.25) is 0 Å². The highest BCUT2D eigenvalue weighted by atomic mass is 35.5. The molecule has 248 valence electrons. The Bertz CT molecular complexity index is 1680. The molecule has 0 aromatic heterocycles. The molecule has 1 heterocycles. The third-order valence-electron chi connectivity index (χ3n) is 8.85. The molecular formula is C42H43ClO5. The molecular weight excluding hydrogens is 620 g/mol. The average molecular weight is 663 g/mol. The second kappa shape index (κ2) is 17.0. The van der Waals surface area contributed by atoms with Crippen LogP contribution in [0.15, 0.2) is 133 Å². The van der Waals surface area contributed by atoms with Crippen LogP contribution >= 0.6 is 11.6 Å². The lowest BCUT2D eigenvalue weighted by atomic mass is 9.89. The minimum absolute atomic E-state index is 0.188. The van der Waals surface area contributed by atoms with Crippen LogP contribution in [0, 0.1) is 0 Å². The van der Waals surface area contributed by atoms with E-state index in [2.05, 4.69) is 37.3 Å². The van der Waals surface area contributed by atoms with E-state index in [0.717, 1.165) is 34.2 Å². The van der Waals surface area contributed by atoms with E-state index in [9.17, 15) is 5.11 Å². The summed E-state index contributed by atoms with van der Waals surface area (Å²) >= 11 is 6.79. The zero-order valence-electron chi connectivity index (χ0n) is 27.3. The maximum Gasteiger partial charge on any atom is 0.117 e. The molecule has 0 bridgehead atoms. The van der Waals surface area contributed by atoms with Gasteiger partial charge >= 0.3 is 0 Å². The summed E-state index contributed by atoms with van der Waals surface area (Å²) in [6.07, 6.45) is -1.84. The molecule has 1 fully saturated rings. The fourth-order valence-electron chi connectivity index (χ4n) is 6.13. The van der Waals surface area contributed by atoms with Crippen LogP contribution in [0.4, 0.5) is 0 Å². The summed E-state index contributed by atoms with van der Waals surface area (Å²) in [6.45, 7) is 3.40. The zero-order chi connectivity index (χ0) is 33.1. The summed E-state index contributed by atoms with van der Waals surface area (Å²) in [6, 6.07) is 44.7. The Balaban J connectivity index is 1.31. The minimum Gasteiger partial charge on any atom is -0.387 e. The van der Waals surface area contributed by atoms with Crippen LogP contribution in [0.3, 0.4) is 0 Å². The van der Waals surface area contributed by atoms with Gasteiger partial charge in [0.25, 0.3) is 0 Å². The molecule has 0 aliphatic carbocycles. The number of hydrogen-bond donors (Lipinski definition) is 1. The molecule has 5 nitrogen and oxygen atoms in total. The molecule has 0 spiro atoms. The van der Waals surface area contributed by atoms with Gasteiger partial charge < -0.3 is 24.1 Å². The van der Waals surface area contributed by atoms with Gasteiger partial charge in [-0.2, -0.15) is 0 Å². The van der Waals surface area contributed by atoms with Gasteiger partial charge in [-0.1, -0.05) is 146 Å². The first-order valence-corrected chi connectivity index (χ1v) is 17.1. The van der Waals surface area contributed by atoms with Crippen molar-refractivity contribution in [1.29, 1.82) is 0 Å². The van der Waals surface area contributed by atoms with Gasteiger partial charge in [0.2, 0.25) is 0 Å². The van der Waals surface area contributed by atoms with Crippen molar-refractivity contribution in [2.24, 2.45) is 0 Å². The van der Waals surface area contributed by atoms with Crippen molar-refractivity contribution < 1.29 is 24.1 Å². The van der Waals surface area contributed by atoms with Crippen LogP contribution in [0.25, 0.3) is 0 Å². The fraction of sp³-hybridized carbons (Fsp3) is 0.286. The van der Waals surface area contributed by atoms with Gasteiger partial charge in [0.1, 0.15) is 30.5 Å². The van der Waals surface area contributed by atoms with Crippen LogP contribution in [0.5, 0.6) is 0 Å². The van der Waals surface area contributed by atoms with E-state index < -0.39 is 30.5 Å². The largest absolute Gasteiger partial charge is 0.387 e. The lowest BCUT2D eigenvalue weighted by molar-refractivity contribution is -0.263. The zero-order valence-corrected chi connectivity index (χ0v) is 28.0. The Labute approximate surface area is 289 Å². The molecule has 6 heteroatoms. The Morgan fingerprint density at radius 2 is 1.17 bits per heavy atom. The number of rotatable bonds is 14. The summed E-state index contributed by atoms with van der Waals surface area (Å²) < 4.78 is 26.1. The minimum atomic E-state index is -0.995. The van der Waals surface area contributed by atoms with Crippen molar-refractivity contribution in [1.82, 2.24) is 0 Å². The van der Waals surface area contributed by atoms with Crippen LogP contribution < -0.4 is 0 Å². The van der Waals surface area contributed by atoms with Crippen molar-refractivity contribution >= 4 is 11.6 Å². The van der Waals surface area contributed by atoms with Crippen LogP contribution in [0.1, 0.15) is 52.0 Å². The Morgan fingerprint density at radius 1 is 0.625 bits per heavy atom. The molecule has 1 aliphatic rings. The van der Waals surface area contributed by atoms with Crippen molar-refractivity contribution in [2.45, 2.75) is 70.1 Å². The predicted octanol–water partition coefficient (Wildman–Crippen LogP) is 8.68. The first kappa shape index (κ1) is 34.1. The van der Waals surface area contributed by atoms with E-state index in [1.54, 1.807) is 0 Å². The molecule has 1 aliphatic heterocycles. The van der Waals surface area contributed by atoms with Crippen molar-refractivity contribution in [3.8, 4) is 0 Å². The van der Waals surface area contributed by atoms with Gasteiger partial charge in [-0.25, -0.2) is 0 Å². The third kappa shape index (κ3) is 9.00. The fourth-order valence-corrected chi connectivity index (χ4v) is 6.31. The Morgan fingerprint density at radius 3 is 1.75 bits per heavy atom. The summed E-state index contributed by atoms with van der Waals surface area (Å²) in [5.41, 5.74) is 7.46. The number of halogens is 1. The first-order chi connectivity index (χ1) is 23.6. The molecule has 0 amide bonds. The molecule has 6 rings (SSSR count). The van der Waals surface area contributed by atoms with E-state index in [4.69, 9.17) is 30.5 Å². The number of aliphatic hydroxyl groups is 1. The topological polar surface area (TPSA) is 57.2 Å². The summed E-state index contributed by atoms with van der Waals surface area (Å²) in [5, 5.41) is 12.5. The molecule has 48 heavy (non-hydrogen) atoms. The van der Waals surface area contributed by atoms with E-state index in [1.807, 2.05) is 103 Å². The molecule has 1 saturated heterocycles. The third-order valence-corrected chi connectivity index (χ3v) is 9.22. The van der Waals surface area contributed by atoms with E-state index in [-0.39, 0.29) is 6.61 Å². The molecule has 5 unspecified atom stereocenters. The summed E-state index contributed by atoms with van der Waals surface area (Å²) in [5.74, 6) is 0. The normalized spacial score (nSPS) is 20.9. The van der Waals surface area contributed by atoms with Crippen molar-refractivity contribution in [3.05, 3.63) is 177 Å². The monoisotopic (exact) mass is 662 g/mol. The number of ether oxygens (including phenoxy) is 4. The lowest BCUT2D eigenvalue weighted by Crippen LogP contribution is -2.57. The van der Waals surface area contributed by atoms with E-state index in [1.165, 1.54) is 11.1 Å². The summed E-state index contributed by atoms with van der Waals surface area (Å²) in [4.78, 5) is 0. The van der Waals surface area contributed by atoms with Gasteiger partial charge in [-0.15, -0.1) is 0 Å². The van der Waals surface area contributed by atoms with Crippen LogP contribution in [0.2, 0.25) is 5.02 Å². The summed E-state index contributed by atoms with van der Waals surface area (Å²) in [7, 11) is 0. The second-order valence-electron chi connectivity index (χ2n) is 12.3. The predicted molar refractivity (Wildman–Crippen MR) is 190 cm³/mol. The molecule has 0 radical (unpaired) electrons. The highest BCUT2D eigenvalue weighted by Crippen LogP contribution is 2.38. The number of aliphatic hydroxyl groups excluding tert-OH is 1.